The Morgan fingerprint density at radius 1 is 1.22 bits per heavy atom. The summed E-state index contributed by atoms with van der Waals surface area (Å²) in [6.07, 6.45) is 0.305. The van der Waals surface area contributed by atoms with E-state index in [2.05, 4.69) is 28.7 Å². The second-order valence-corrected chi connectivity index (χ2v) is 6.99. The summed E-state index contributed by atoms with van der Waals surface area (Å²) in [6.45, 7) is 4.48. The molecule has 1 fully saturated rings. The van der Waals surface area contributed by atoms with Gasteiger partial charge in [-0.15, -0.1) is 0 Å². The molecule has 2 heterocycles. The fourth-order valence-corrected chi connectivity index (χ4v) is 3.72. The van der Waals surface area contributed by atoms with Gasteiger partial charge in [-0.25, -0.2) is 0 Å². The van der Waals surface area contributed by atoms with Crippen LogP contribution in [0, 0.1) is 13.8 Å². The van der Waals surface area contributed by atoms with Gasteiger partial charge < -0.3 is 14.7 Å². The molecule has 1 aliphatic heterocycles. The van der Waals surface area contributed by atoms with Crippen LogP contribution in [-0.4, -0.2) is 34.5 Å². The summed E-state index contributed by atoms with van der Waals surface area (Å²) >= 11 is 0. The van der Waals surface area contributed by atoms with Crippen molar-refractivity contribution in [2.24, 2.45) is 0 Å². The second-order valence-electron chi connectivity index (χ2n) is 6.99. The maximum Gasteiger partial charge on any atom is 0.257 e. The van der Waals surface area contributed by atoms with Crippen molar-refractivity contribution in [1.82, 2.24) is 15.4 Å². The van der Waals surface area contributed by atoms with E-state index in [0.717, 1.165) is 16.3 Å². The van der Waals surface area contributed by atoms with Gasteiger partial charge in [0.15, 0.2) is 0 Å². The van der Waals surface area contributed by atoms with Crippen LogP contribution in [0.3, 0.4) is 0 Å². The van der Waals surface area contributed by atoms with Crippen LogP contribution in [0.15, 0.2) is 47.0 Å². The molecular weight excluding hydrogens is 342 g/mol. The average molecular weight is 363 g/mol. The summed E-state index contributed by atoms with van der Waals surface area (Å²) < 4.78 is 5.05. The monoisotopic (exact) mass is 363 g/mol. The lowest BCUT2D eigenvalue weighted by Gasteiger charge is -2.18. The number of likely N-dealkylation sites (tertiary alicyclic amines) is 1. The summed E-state index contributed by atoms with van der Waals surface area (Å²) in [4.78, 5) is 26.8. The van der Waals surface area contributed by atoms with Crippen LogP contribution in [0.5, 0.6) is 0 Å². The molecule has 1 atom stereocenters. The normalized spacial score (nSPS) is 16.9. The van der Waals surface area contributed by atoms with E-state index in [4.69, 9.17) is 4.52 Å². The maximum absolute atomic E-state index is 12.5. The van der Waals surface area contributed by atoms with Crippen LogP contribution < -0.4 is 5.32 Å². The molecule has 4 rings (SSSR count). The number of hydrogen-bond donors (Lipinski definition) is 1. The van der Waals surface area contributed by atoms with Gasteiger partial charge in [0.1, 0.15) is 11.3 Å². The molecule has 0 saturated carbocycles. The number of carbonyl (C=O) groups is 2. The number of hydrogen-bond acceptors (Lipinski definition) is 4. The van der Waals surface area contributed by atoms with Gasteiger partial charge in [-0.05, 0) is 30.2 Å². The molecule has 6 nitrogen and oxygen atoms in total. The van der Waals surface area contributed by atoms with Crippen molar-refractivity contribution in [2.45, 2.75) is 32.9 Å². The van der Waals surface area contributed by atoms with E-state index in [1.165, 1.54) is 0 Å². The summed E-state index contributed by atoms with van der Waals surface area (Å²) in [6, 6.07) is 14.1. The molecule has 2 aromatic carbocycles. The standard InChI is InChI=1S/C21H21N3O3/c1-13-20(14(2)27-23-13)21(26)22-17-10-19(25)24(12-17)11-16-8-5-7-15-6-3-4-9-18(15)16/h3-9,17H,10-12H2,1-2H3,(H,22,26)/t17-/m1/s1. The molecule has 6 heteroatoms. The first-order chi connectivity index (χ1) is 13.0. The number of nitrogens with zero attached hydrogens (tertiary/aromatic N) is 2. The van der Waals surface area contributed by atoms with Crippen LogP contribution >= 0.6 is 0 Å². The number of aromatic nitrogens is 1. The predicted molar refractivity (Wildman–Crippen MR) is 101 cm³/mol. The molecule has 0 aliphatic carbocycles. The van der Waals surface area contributed by atoms with Crippen LogP contribution in [-0.2, 0) is 11.3 Å². The van der Waals surface area contributed by atoms with Crippen molar-refractivity contribution >= 4 is 22.6 Å². The Labute approximate surface area is 157 Å². The van der Waals surface area contributed by atoms with Gasteiger partial charge in [-0.1, -0.05) is 47.6 Å². The van der Waals surface area contributed by atoms with Crippen molar-refractivity contribution in [3.8, 4) is 0 Å². The highest BCUT2D eigenvalue weighted by atomic mass is 16.5. The van der Waals surface area contributed by atoms with Crippen LogP contribution in [0.1, 0.15) is 33.8 Å². The predicted octanol–water partition coefficient (Wildman–Crippen LogP) is 2.98. The van der Waals surface area contributed by atoms with E-state index in [1.807, 2.05) is 24.3 Å². The molecule has 1 N–H and O–H groups in total. The first-order valence-corrected chi connectivity index (χ1v) is 9.01. The van der Waals surface area contributed by atoms with Crippen LogP contribution in [0.2, 0.25) is 0 Å². The Kier molecular flexibility index (Phi) is 4.39. The van der Waals surface area contributed by atoms with Gasteiger partial charge in [0.25, 0.3) is 5.91 Å². The Morgan fingerprint density at radius 2 is 2.00 bits per heavy atom. The van der Waals surface area contributed by atoms with E-state index in [9.17, 15) is 9.59 Å². The van der Waals surface area contributed by atoms with E-state index < -0.39 is 0 Å². The van der Waals surface area contributed by atoms with E-state index in [0.29, 0.717) is 36.5 Å². The zero-order chi connectivity index (χ0) is 19.0. The Balaban J connectivity index is 1.47. The van der Waals surface area contributed by atoms with Gasteiger partial charge in [-0.2, -0.15) is 0 Å². The van der Waals surface area contributed by atoms with E-state index in [-0.39, 0.29) is 17.9 Å². The minimum absolute atomic E-state index is 0.0481. The lowest BCUT2D eigenvalue weighted by Crippen LogP contribution is -2.37. The molecular formula is C21H21N3O3. The van der Waals surface area contributed by atoms with Crippen LogP contribution in [0.25, 0.3) is 10.8 Å². The zero-order valence-corrected chi connectivity index (χ0v) is 15.4. The third kappa shape index (κ3) is 3.30. The number of rotatable bonds is 4. The first kappa shape index (κ1) is 17.3. The minimum Gasteiger partial charge on any atom is -0.361 e. The van der Waals surface area contributed by atoms with Crippen molar-refractivity contribution in [3.63, 3.8) is 0 Å². The molecule has 0 radical (unpaired) electrons. The molecule has 0 unspecified atom stereocenters. The van der Waals surface area contributed by atoms with Gasteiger partial charge in [0, 0.05) is 19.5 Å². The van der Waals surface area contributed by atoms with Crippen molar-refractivity contribution in [3.05, 3.63) is 65.0 Å². The molecule has 3 aromatic rings. The van der Waals surface area contributed by atoms with E-state index >= 15 is 0 Å². The van der Waals surface area contributed by atoms with Crippen molar-refractivity contribution in [2.75, 3.05) is 6.54 Å². The lowest BCUT2D eigenvalue weighted by atomic mass is 10.0. The number of benzene rings is 2. The topological polar surface area (TPSA) is 75.4 Å². The summed E-state index contributed by atoms with van der Waals surface area (Å²) in [5.74, 6) is 0.296. The second kappa shape index (κ2) is 6.87. The first-order valence-electron chi connectivity index (χ1n) is 9.01. The molecule has 138 valence electrons. The largest absolute Gasteiger partial charge is 0.361 e. The highest BCUT2D eigenvalue weighted by molar-refractivity contribution is 5.97. The molecule has 2 amide bonds. The summed E-state index contributed by atoms with van der Waals surface area (Å²) in [7, 11) is 0. The molecule has 1 saturated heterocycles. The molecule has 1 aromatic heterocycles. The third-order valence-corrected chi connectivity index (χ3v) is 5.05. The van der Waals surface area contributed by atoms with Gasteiger partial charge >= 0.3 is 0 Å². The molecule has 1 aliphatic rings. The van der Waals surface area contributed by atoms with Crippen molar-refractivity contribution in [1.29, 1.82) is 0 Å². The fourth-order valence-electron chi connectivity index (χ4n) is 3.72. The Morgan fingerprint density at radius 3 is 2.78 bits per heavy atom. The fraction of sp³-hybridized carbons (Fsp3) is 0.286. The van der Waals surface area contributed by atoms with Gasteiger partial charge in [0.2, 0.25) is 5.91 Å². The van der Waals surface area contributed by atoms with Gasteiger partial charge in [0.05, 0.1) is 11.7 Å². The third-order valence-electron chi connectivity index (χ3n) is 5.05. The molecule has 0 spiro atoms. The smallest absolute Gasteiger partial charge is 0.257 e. The number of aryl methyl sites for hydroxylation is 2. The minimum atomic E-state index is -0.240. The molecule has 0 bridgehead atoms. The average Bonchev–Trinajstić information content (AvgIpc) is 3.16. The highest BCUT2D eigenvalue weighted by Gasteiger charge is 2.32. The quantitative estimate of drug-likeness (QED) is 0.773. The van der Waals surface area contributed by atoms with Crippen LogP contribution in [0.4, 0.5) is 0 Å². The Hall–Kier alpha value is -3.15. The summed E-state index contributed by atoms with van der Waals surface area (Å²) in [5.41, 5.74) is 2.12. The molecule has 27 heavy (non-hydrogen) atoms. The van der Waals surface area contributed by atoms with Gasteiger partial charge in [-0.3, -0.25) is 9.59 Å². The number of amides is 2. The maximum atomic E-state index is 12.5. The highest BCUT2D eigenvalue weighted by Crippen LogP contribution is 2.23. The van der Waals surface area contributed by atoms with E-state index in [1.54, 1.807) is 18.7 Å². The number of carbonyl (C=O) groups excluding carboxylic acids is 2. The Bertz CT molecular complexity index is 1000. The lowest BCUT2D eigenvalue weighted by molar-refractivity contribution is -0.128. The summed E-state index contributed by atoms with van der Waals surface area (Å²) in [5, 5.41) is 9.06. The number of fused-ring (bicyclic) bond motifs is 1. The zero-order valence-electron chi connectivity index (χ0n) is 15.4. The van der Waals surface area contributed by atoms with Crippen molar-refractivity contribution < 1.29 is 14.1 Å². The number of nitrogens with one attached hydrogen (secondary N) is 1. The SMILES string of the molecule is Cc1noc(C)c1C(=O)N[C@@H]1CC(=O)N(Cc2cccc3ccccc23)C1.